The van der Waals surface area contributed by atoms with Crippen molar-refractivity contribution in [2.24, 2.45) is 0 Å². The molecule has 18 heavy (non-hydrogen) atoms. The Balaban J connectivity index is 3.35. The first-order chi connectivity index (χ1) is 8.47. The van der Waals surface area contributed by atoms with Crippen LogP contribution in [-0.2, 0) is 10.0 Å². The number of likely N-dealkylation sites (N-methyl/N-ethyl adjacent to an activating group) is 1. The first-order valence-corrected chi connectivity index (χ1v) is 7.03. The largest absolute Gasteiger partial charge is 0.243 e. The highest BCUT2D eigenvalue weighted by Crippen LogP contribution is 2.21. The summed E-state index contributed by atoms with van der Waals surface area (Å²) in [5.41, 5.74) is 0.977. The van der Waals surface area contributed by atoms with Crippen molar-refractivity contribution in [1.82, 2.24) is 4.31 Å². The van der Waals surface area contributed by atoms with Gasteiger partial charge in [0.1, 0.15) is 0 Å². The molecular weight excluding hydrogens is 248 g/mol. The van der Waals surface area contributed by atoms with Crippen molar-refractivity contribution in [3.63, 3.8) is 0 Å². The van der Waals surface area contributed by atoms with Crippen LogP contribution in [0.3, 0.4) is 0 Å². The molecule has 1 aromatic rings. The Bertz CT molecular complexity index is 585. The van der Waals surface area contributed by atoms with Crippen LogP contribution in [0.4, 0.5) is 0 Å². The molecular formula is C13H16N2O2S. The topological polar surface area (TPSA) is 61.2 Å². The van der Waals surface area contributed by atoms with Crippen molar-refractivity contribution in [3.05, 3.63) is 42.0 Å². The lowest BCUT2D eigenvalue weighted by atomic mass is 10.2. The fraction of sp³-hybridized carbons (Fsp3) is 0.308. The third-order valence-corrected chi connectivity index (χ3v) is 4.70. The van der Waals surface area contributed by atoms with Crippen LogP contribution in [-0.4, -0.2) is 25.8 Å². The van der Waals surface area contributed by atoms with Crippen molar-refractivity contribution in [2.45, 2.75) is 18.7 Å². The van der Waals surface area contributed by atoms with Crippen LogP contribution < -0.4 is 0 Å². The number of rotatable bonds is 5. The van der Waals surface area contributed by atoms with Crippen molar-refractivity contribution in [1.29, 1.82) is 5.26 Å². The van der Waals surface area contributed by atoms with Gasteiger partial charge in [-0.2, -0.15) is 9.57 Å². The van der Waals surface area contributed by atoms with E-state index in [9.17, 15) is 8.42 Å². The summed E-state index contributed by atoms with van der Waals surface area (Å²) in [4.78, 5) is 0.185. The molecule has 0 amide bonds. The SMILES string of the molecule is C=CCN(CC)S(=O)(=O)c1cc(C#N)ccc1C. The van der Waals surface area contributed by atoms with Gasteiger partial charge in [0.15, 0.2) is 0 Å². The number of hydrogen-bond acceptors (Lipinski definition) is 3. The van der Waals surface area contributed by atoms with E-state index >= 15 is 0 Å². The quantitative estimate of drug-likeness (QED) is 0.765. The highest BCUT2D eigenvalue weighted by molar-refractivity contribution is 7.89. The zero-order chi connectivity index (χ0) is 13.8. The molecule has 0 bridgehead atoms. The van der Waals surface area contributed by atoms with Crippen LogP contribution in [0.15, 0.2) is 35.7 Å². The molecule has 0 N–H and O–H groups in total. The maximum Gasteiger partial charge on any atom is 0.243 e. The van der Waals surface area contributed by atoms with E-state index in [2.05, 4.69) is 6.58 Å². The van der Waals surface area contributed by atoms with Gasteiger partial charge >= 0.3 is 0 Å². The van der Waals surface area contributed by atoms with E-state index in [0.717, 1.165) is 0 Å². The summed E-state index contributed by atoms with van der Waals surface area (Å²) in [6, 6.07) is 6.62. The molecule has 0 heterocycles. The van der Waals surface area contributed by atoms with Gasteiger partial charge < -0.3 is 0 Å². The molecule has 5 heteroatoms. The molecule has 1 rings (SSSR count). The van der Waals surface area contributed by atoms with Crippen molar-refractivity contribution >= 4 is 10.0 Å². The lowest BCUT2D eigenvalue weighted by Gasteiger charge is -2.20. The first-order valence-electron chi connectivity index (χ1n) is 5.59. The standard InChI is InChI=1S/C13H16N2O2S/c1-4-8-15(5-2)18(16,17)13-9-12(10-14)7-6-11(13)3/h4,6-7,9H,1,5,8H2,2-3H3. The molecule has 0 unspecified atom stereocenters. The Kier molecular flexibility index (Phi) is 4.65. The zero-order valence-electron chi connectivity index (χ0n) is 10.5. The molecule has 1 aromatic carbocycles. The fourth-order valence-corrected chi connectivity index (χ4v) is 3.30. The van der Waals surface area contributed by atoms with E-state index in [-0.39, 0.29) is 11.4 Å². The monoisotopic (exact) mass is 264 g/mol. The van der Waals surface area contributed by atoms with E-state index < -0.39 is 10.0 Å². The number of hydrogen-bond donors (Lipinski definition) is 0. The van der Waals surface area contributed by atoms with Crippen LogP contribution in [0.2, 0.25) is 0 Å². The summed E-state index contributed by atoms with van der Waals surface area (Å²) >= 11 is 0. The Hall–Kier alpha value is -1.64. The van der Waals surface area contributed by atoms with Crippen LogP contribution in [0.1, 0.15) is 18.1 Å². The Labute approximate surface area is 108 Å². The minimum absolute atomic E-state index is 0.185. The van der Waals surface area contributed by atoms with Gasteiger partial charge in [0.2, 0.25) is 10.0 Å². The maximum absolute atomic E-state index is 12.4. The summed E-state index contributed by atoms with van der Waals surface area (Å²) in [6.07, 6.45) is 1.55. The molecule has 4 nitrogen and oxygen atoms in total. The van der Waals surface area contributed by atoms with E-state index in [1.807, 2.05) is 6.07 Å². The molecule has 0 fully saturated rings. The summed E-state index contributed by atoms with van der Waals surface area (Å²) in [6.45, 7) is 7.66. The van der Waals surface area contributed by atoms with Gasteiger partial charge in [-0.05, 0) is 24.6 Å². The second-order valence-corrected chi connectivity index (χ2v) is 5.74. The van der Waals surface area contributed by atoms with Gasteiger partial charge in [0, 0.05) is 13.1 Å². The van der Waals surface area contributed by atoms with Gasteiger partial charge in [-0.25, -0.2) is 8.42 Å². The minimum Gasteiger partial charge on any atom is -0.207 e. The van der Waals surface area contributed by atoms with Crippen molar-refractivity contribution in [3.8, 4) is 6.07 Å². The molecule has 0 spiro atoms. The number of benzene rings is 1. The van der Waals surface area contributed by atoms with E-state index in [0.29, 0.717) is 17.7 Å². The summed E-state index contributed by atoms with van der Waals surface area (Å²) in [5.74, 6) is 0. The number of aryl methyl sites for hydroxylation is 1. The third-order valence-electron chi connectivity index (χ3n) is 2.62. The van der Waals surface area contributed by atoms with Crippen LogP contribution in [0.5, 0.6) is 0 Å². The minimum atomic E-state index is -3.57. The first kappa shape index (κ1) is 14.4. The molecule has 0 radical (unpaired) electrons. The molecule has 0 atom stereocenters. The normalized spacial score (nSPS) is 11.2. The summed E-state index contributed by atoms with van der Waals surface area (Å²) < 4.78 is 26.1. The second kappa shape index (κ2) is 5.80. The third kappa shape index (κ3) is 2.78. The molecule has 0 aliphatic heterocycles. The Morgan fingerprint density at radius 1 is 1.50 bits per heavy atom. The fourth-order valence-electron chi connectivity index (χ4n) is 1.63. The van der Waals surface area contributed by atoms with Gasteiger partial charge in [-0.1, -0.05) is 19.1 Å². The van der Waals surface area contributed by atoms with Gasteiger partial charge in [-0.15, -0.1) is 6.58 Å². The lowest BCUT2D eigenvalue weighted by molar-refractivity contribution is 0.459. The highest BCUT2D eigenvalue weighted by atomic mass is 32.2. The predicted molar refractivity (Wildman–Crippen MR) is 70.5 cm³/mol. The Morgan fingerprint density at radius 2 is 2.17 bits per heavy atom. The van der Waals surface area contributed by atoms with E-state index in [1.165, 1.54) is 10.4 Å². The number of sulfonamides is 1. The van der Waals surface area contributed by atoms with Gasteiger partial charge in [-0.3, -0.25) is 0 Å². The summed E-state index contributed by atoms with van der Waals surface area (Å²) in [5, 5.41) is 8.84. The van der Waals surface area contributed by atoms with E-state index in [1.54, 1.807) is 32.1 Å². The maximum atomic E-state index is 12.4. The number of nitrogens with zero attached hydrogens (tertiary/aromatic N) is 2. The highest BCUT2D eigenvalue weighted by Gasteiger charge is 2.24. The van der Waals surface area contributed by atoms with Crippen molar-refractivity contribution < 1.29 is 8.42 Å². The molecule has 0 saturated carbocycles. The summed E-state index contributed by atoms with van der Waals surface area (Å²) in [7, 11) is -3.57. The average molecular weight is 264 g/mol. The van der Waals surface area contributed by atoms with Crippen LogP contribution in [0, 0.1) is 18.3 Å². The van der Waals surface area contributed by atoms with Gasteiger partial charge in [0.25, 0.3) is 0 Å². The molecule has 96 valence electrons. The van der Waals surface area contributed by atoms with E-state index in [4.69, 9.17) is 5.26 Å². The average Bonchev–Trinajstić information content (AvgIpc) is 2.36. The van der Waals surface area contributed by atoms with Crippen LogP contribution in [0.25, 0.3) is 0 Å². The molecule has 0 saturated heterocycles. The molecule has 0 aromatic heterocycles. The molecule has 0 aliphatic rings. The molecule has 0 aliphatic carbocycles. The van der Waals surface area contributed by atoms with Crippen LogP contribution >= 0.6 is 0 Å². The zero-order valence-corrected chi connectivity index (χ0v) is 11.4. The predicted octanol–water partition coefficient (Wildman–Crippen LogP) is 2.06. The smallest absolute Gasteiger partial charge is 0.207 e. The van der Waals surface area contributed by atoms with Crippen molar-refractivity contribution in [2.75, 3.05) is 13.1 Å². The lowest BCUT2D eigenvalue weighted by Crippen LogP contribution is -2.31. The second-order valence-electron chi connectivity index (χ2n) is 3.84. The van der Waals surface area contributed by atoms with Gasteiger partial charge in [0.05, 0.1) is 16.5 Å². The number of nitriles is 1. The Morgan fingerprint density at radius 3 is 2.67 bits per heavy atom.